The molecule has 0 bridgehead atoms. The smallest absolute Gasteiger partial charge is 0.0645 e. The summed E-state index contributed by atoms with van der Waals surface area (Å²) >= 11 is 1.80. The van der Waals surface area contributed by atoms with Crippen LogP contribution in [-0.2, 0) is 13.1 Å². The fraction of sp³-hybridized carbons (Fsp3) is 0.188. The first-order valence-corrected chi connectivity index (χ1v) is 7.53. The van der Waals surface area contributed by atoms with Gasteiger partial charge in [0.05, 0.1) is 11.9 Å². The van der Waals surface area contributed by atoms with Crippen LogP contribution in [0.2, 0.25) is 0 Å². The molecule has 0 atom stereocenters. The molecule has 1 aromatic carbocycles. The first-order chi connectivity index (χ1) is 9.83. The Balaban J connectivity index is 1.59. The summed E-state index contributed by atoms with van der Waals surface area (Å²) in [6, 6.07) is 12.3. The first-order valence-electron chi connectivity index (χ1n) is 6.65. The van der Waals surface area contributed by atoms with Gasteiger partial charge >= 0.3 is 0 Å². The van der Waals surface area contributed by atoms with Gasteiger partial charge in [-0.2, -0.15) is 5.10 Å². The largest absolute Gasteiger partial charge is 0.308 e. The Bertz CT molecular complexity index is 670. The number of benzene rings is 1. The van der Waals surface area contributed by atoms with Crippen LogP contribution in [0.25, 0.3) is 5.69 Å². The summed E-state index contributed by atoms with van der Waals surface area (Å²) in [6.07, 6.45) is 3.99. The molecule has 2 aromatic heterocycles. The van der Waals surface area contributed by atoms with Crippen molar-refractivity contribution in [1.82, 2.24) is 15.1 Å². The predicted octanol–water partition coefficient (Wildman–Crippen LogP) is 3.53. The summed E-state index contributed by atoms with van der Waals surface area (Å²) in [5.41, 5.74) is 3.65. The fourth-order valence-electron chi connectivity index (χ4n) is 2.08. The van der Waals surface area contributed by atoms with Crippen LogP contribution in [0.3, 0.4) is 0 Å². The van der Waals surface area contributed by atoms with Crippen molar-refractivity contribution in [2.45, 2.75) is 20.0 Å². The van der Waals surface area contributed by atoms with Gasteiger partial charge in [0.2, 0.25) is 0 Å². The summed E-state index contributed by atoms with van der Waals surface area (Å²) < 4.78 is 1.91. The molecule has 0 aliphatic carbocycles. The lowest BCUT2D eigenvalue weighted by Gasteiger charge is -2.02. The van der Waals surface area contributed by atoms with Gasteiger partial charge in [-0.3, -0.25) is 0 Å². The highest BCUT2D eigenvalue weighted by Gasteiger charge is 2.02. The van der Waals surface area contributed by atoms with Crippen molar-refractivity contribution < 1.29 is 0 Å². The van der Waals surface area contributed by atoms with E-state index in [1.165, 1.54) is 16.0 Å². The third-order valence-electron chi connectivity index (χ3n) is 3.24. The molecule has 1 N–H and O–H groups in total. The summed E-state index contributed by atoms with van der Waals surface area (Å²) in [4.78, 5) is 1.40. The molecule has 2 heterocycles. The van der Waals surface area contributed by atoms with E-state index in [4.69, 9.17) is 0 Å². The number of hydrogen-bond donors (Lipinski definition) is 1. The molecule has 0 radical (unpaired) electrons. The van der Waals surface area contributed by atoms with Gasteiger partial charge in [0.1, 0.15) is 0 Å². The molecule has 4 heteroatoms. The van der Waals surface area contributed by atoms with E-state index in [0.29, 0.717) is 0 Å². The molecule has 0 saturated heterocycles. The van der Waals surface area contributed by atoms with Crippen LogP contribution < -0.4 is 5.32 Å². The number of nitrogens with zero attached hydrogens (tertiary/aromatic N) is 2. The second kappa shape index (κ2) is 6.03. The topological polar surface area (TPSA) is 29.9 Å². The summed E-state index contributed by atoms with van der Waals surface area (Å²) in [5.74, 6) is 0. The molecule has 102 valence electrons. The van der Waals surface area contributed by atoms with Gasteiger partial charge < -0.3 is 5.32 Å². The Morgan fingerprint density at radius 2 is 2.00 bits per heavy atom. The first kappa shape index (κ1) is 13.1. The van der Waals surface area contributed by atoms with E-state index < -0.39 is 0 Å². The monoisotopic (exact) mass is 283 g/mol. The number of aryl methyl sites for hydroxylation is 1. The van der Waals surface area contributed by atoms with Crippen LogP contribution >= 0.6 is 11.3 Å². The maximum absolute atomic E-state index is 4.40. The minimum Gasteiger partial charge on any atom is -0.308 e. The molecule has 3 nitrogen and oxygen atoms in total. The highest BCUT2D eigenvalue weighted by atomic mass is 32.1. The molecule has 0 spiro atoms. The van der Waals surface area contributed by atoms with Crippen molar-refractivity contribution in [2.75, 3.05) is 0 Å². The molecule has 3 aromatic rings. The van der Waals surface area contributed by atoms with Gasteiger partial charge in [0.25, 0.3) is 0 Å². The van der Waals surface area contributed by atoms with Crippen LogP contribution in [0.4, 0.5) is 0 Å². The molecule has 0 fully saturated rings. The van der Waals surface area contributed by atoms with Crippen LogP contribution in [0.5, 0.6) is 0 Å². The number of hydrogen-bond acceptors (Lipinski definition) is 3. The number of aromatic nitrogens is 2. The maximum Gasteiger partial charge on any atom is 0.0645 e. The SMILES string of the molecule is Cc1ccsc1CNCc1cnn(-c2ccccc2)c1. The zero-order chi connectivity index (χ0) is 13.8. The van der Waals surface area contributed by atoms with Crippen molar-refractivity contribution >= 4 is 11.3 Å². The van der Waals surface area contributed by atoms with E-state index >= 15 is 0 Å². The van der Waals surface area contributed by atoms with Gasteiger partial charge in [-0.05, 0) is 36.1 Å². The molecule has 0 aliphatic rings. The van der Waals surface area contributed by atoms with E-state index in [9.17, 15) is 0 Å². The Kier molecular flexibility index (Phi) is 3.95. The van der Waals surface area contributed by atoms with E-state index in [1.807, 2.05) is 29.1 Å². The standard InChI is InChI=1S/C16H17N3S/c1-13-7-8-20-16(13)11-17-9-14-10-18-19(12-14)15-5-3-2-4-6-15/h2-8,10,12,17H,9,11H2,1H3. The van der Waals surface area contributed by atoms with Crippen molar-refractivity contribution in [3.05, 3.63) is 70.2 Å². The average molecular weight is 283 g/mol. The number of rotatable bonds is 5. The third-order valence-corrected chi connectivity index (χ3v) is 4.26. The Labute approximate surface area is 122 Å². The van der Waals surface area contributed by atoms with Gasteiger partial charge in [-0.25, -0.2) is 4.68 Å². The lowest BCUT2D eigenvalue weighted by atomic mass is 10.3. The van der Waals surface area contributed by atoms with Gasteiger partial charge in [0, 0.05) is 29.7 Å². The third kappa shape index (κ3) is 2.98. The minimum absolute atomic E-state index is 0.837. The molecule has 20 heavy (non-hydrogen) atoms. The van der Waals surface area contributed by atoms with Crippen molar-refractivity contribution in [1.29, 1.82) is 0 Å². The van der Waals surface area contributed by atoms with E-state index in [-0.39, 0.29) is 0 Å². The van der Waals surface area contributed by atoms with Crippen LogP contribution in [-0.4, -0.2) is 9.78 Å². The highest BCUT2D eigenvalue weighted by Crippen LogP contribution is 2.15. The van der Waals surface area contributed by atoms with Gasteiger partial charge in [0.15, 0.2) is 0 Å². The van der Waals surface area contributed by atoms with Crippen molar-refractivity contribution in [3.63, 3.8) is 0 Å². The highest BCUT2D eigenvalue weighted by molar-refractivity contribution is 7.10. The zero-order valence-corrected chi connectivity index (χ0v) is 12.2. The van der Waals surface area contributed by atoms with Crippen molar-refractivity contribution in [3.8, 4) is 5.69 Å². The fourth-order valence-corrected chi connectivity index (χ4v) is 2.95. The molecular weight excluding hydrogens is 266 g/mol. The predicted molar refractivity (Wildman–Crippen MR) is 83.2 cm³/mol. The second-order valence-electron chi connectivity index (χ2n) is 4.76. The molecule has 0 saturated carbocycles. The quantitative estimate of drug-likeness (QED) is 0.776. The molecule has 3 rings (SSSR count). The van der Waals surface area contributed by atoms with E-state index in [1.54, 1.807) is 11.3 Å². The van der Waals surface area contributed by atoms with Gasteiger partial charge in [-0.1, -0.05) is 18.2 Å². The number of para-hydroxylation sites is 1. The van der Waals surface area contributed by atoms with Crippen molar-refractivity contribution in [2.24, 2.45) is 0 Å². The molecule has 0 amide bonds. The van der Waals surface area contributed by atoms with Crippen LogP contribution in [0.15, 0.2) is 54.2 Å². The Morgan fingerprint density at radius 1 is 1.15 bits per heavy atom. The Hall–Kier alpha value is -1.91. The zero-order valence-electron chi connectivity index (χ0n) is 11.4. The Morgan fingerprint density at radius 3 is 2.75 bits per heavy atom. The summed E-state index contributed by atoms with van der Waals surface area (Å²) in [5, 5.41) is 10.0. The van der Waals surface area contributed by atoms with Gasteiger partial charge in [-0.15, -0.1) is 11.3 Å². The minimum atomic E-state index is 0.837. The van der Waals surface area contributed by atoms with E-state index in [0.717, 1.165) is 18.8 Å². The lowest BCUT2D eigenvalue weighted by Crippen LogP contribution is -2.11. The van der Waals surface area contributed by atoms with E-state index in [2.05, 4.69) is 47.1 Å². The molecule has 0 unspecified atom stereocenters. The summed E-state index contributed by atoms with van der Waals surface area (Å²) in [7, 11) is 0. The average Bonchev–Trinajstić information content (AvgIpc) is 3.10. The normalized spacial score (nSPS) is 10.8. The molecular formula is C16H17N3S. The number of thiophene rings is 1. The second-order valence-corrected chi connectivity index (χ2v) is 5.76. The van der Waals surface area contributed by atoms with Crippen LogP contribution in [0.1, 0.15) is 16.0 Å². The number of nitrogens with one attached hydrogen (secondary N) is 1. The summed E-state index contributed by atoms with van der Waals surface area (Å²) in [6.45, 7) is 3.91. The lowest BCUT2D eigenvalue weighted by molar-refractivity contribution is 0.698. The maximum atomic E-state index is 4.40. The molecule has 0 aliphatic heterocycles. The van der Waals surface area contributed by atoms with Crippen LogP contribution in [0, 0.1) is 6.92 Å².